The predicted molar refractivity (Wildman–Crippen MR) is 142 cm³/mol. The van der Waals surface area contributed by atoms with Gasteiger partial charge in [0.2, 0.25) is 10.0 Å². The molecule has 8 nitrogen and oxygen atoms in total. The van der Waals surface area contributed by atoms with Crippen molar-refractivity contribution < 1.29 is 23.1 Å². The second-order valence-electron chi connectivity index (χ2n) is 9.62. The van der Waals surface area contributed by atoms with Gasteiger partial charge >= 0.3 is 0 Å². The Balaban J connectivity index is 1.76. The molecule has 1 aromatic heterocycles. The summed E-state index contributed by atoms with van der Waals surface area (Å²) >= 11 is 0. The van der Waals surface area contributed by atoms with E-state index >= 15 is 0 Å². The van der Waals surface area contributed by atoms with Gasteiger partial charge in [-0.3, -0.25) is 9.78 Å². The van der Waals surface area contributed by atoms with E-state index in [1.54, 1.807) is 61.5 Å². The van der Waals surface area contributed by atoms with Crippen molar-refractivity contribution in [2.45, 2.75) is 37.8 Å². The third-order valence-electron chi connectivity index (χ3n) is 6.81. The van der Waals surface area contributed by atoms with E-state index in [0.29, 0.717) is 5.69 Å². The Morgan fingerprint density at radius 1 is 1.19 bits per heavy atom. The average molecular weight is 524 g/mol. The summed E-state index contributed by atoms with van der Waals surface area (Å²) in [5, 5.41) is 9.85. The van der Waals surface area contributed by atoms with Gasteiger partial charge < -0.3 is 14.7 Å². The van der Waals surface area contributed by atoms with Crippen molar-refractivity contribution in [3.63, 3.8) is 0 Å². The van der Waals surface area contributed by atoms with E-state index in [2.05, 4.69) is 4.98 Å². The Morgan fingerprint density at radius 2 is 1.92 bits per heavy atom. The molecule has 2 heterocycles. The minimum Gasteiger partial charge on any atom is -0.487 e. The van der Waals surface area contributed by atoms with Crippen molar-refractivity contribution in [2.75, 3.05) is 26.7 Å². The largest absolute Gasteiger partial charge is 0.487 e. The first kappa shape index (κ1) is 26.8. The summed E-state index contributed by atoms with van der Waals surface area (Å²) in [7, 11) is -2.27. The van der Waals surface area contributed by atoms with Crippen LogP contribution in [0, 0.1) is 12.8 Å². The number of carbonyl (C=O) groups is 1. The van der Waals surface area contributed by atoms with Crippen LogP contribution >= 0.6 is 0 Å². The molecule has 0 bridgehead atoms. The molecule has 1 amide bonds. The SMILES string of the molecule is Cc1ccccc1-c1ccc2c(c1)O[C@@H](CN(C)C(=O)c1ccccn1)[C@@H](C)CN([C@@H](C)CO)S2(=O)=O. The Morgan fingerprint density at radius 3 is 2.59 bits per heavy atom. The van der Waals surface area contributed by atoms with Gasteiger partial charge in [0.05, 0.1) is 13.2 Å². The molecule has 196 valence electrons. The molecule has 1 aliphatic heterocycles. The standard InChI is InChI=1S/C28H33N3O5S/c1-19-9-5-6-10-23(19)22-12-13-27-25(15-22)36-26(17-30(4)28(33)24-11-7-8-14-29-24)20(2)16-31(21(3)18-32)37(27,34)35/h5-15,20-21,26,32H,16-18H2,1-4H3/t20-,21-,26-/m0/s1. The maximum atomic E-state index is 13.7. The zero-order valence-corrected chi connectivity index (χ0v) is 22.4. The van der Waals surface area contributed by atoms with Crippen molar-refractivity contribution in [3.8, 4) is 16.9 Å². The van der Waals surface area contributed by atoms with Gasteiger partial charge in [0.15, 0.2) is 0 Å². The van der Waals surface area contributed by atoms with E-state index in [4.69, 9.17) is 4.74 Å². The number of ether oxygens (including phenoxy) is 1. The summed E-state index contributed by atoms with van der Waals surface area (Å²) in [4.78, 5) is 18.7. The van der Waals surface area contributed by atoms with Crippen LogP contribution in [0.15, 0.2) is 71.8 Å². The molecular weight excluding hydrogens is 490 g/mol. The highest BCUT2D eigenvalue weighted by Gasteiger charge is 2.38. The highest BCUT2D eigenvalue weighted by Crippen LogP contribution is 2.37. The third kappa shape index (κ3) is 5.53. The molecule has 1 N–H and O–H groups in total. The first-order chi connectivity index (χ1) is 17.6. The molecule has 3 atom stereocenters. The second-order valence-corrected chi connectivity index (χ2v) is 11.5. The summed E-state index contributed by atoms with van der Waals surface area (Å²) in [5.41, 5.74) is 3.18. The van der Waals surface area contributed by atoms with Crippen molar-refractivity contribution in [2.24, 2.45) is 5.92 Å². The van der Waals surface area contributed by atoms with Crippen LogP contribution in [0.4, 0.5) is 0 Å². The van der Waals surface area contributed by atoms with Crippen molar-refractivity contribution >= 4 is 15.9 Å². The number of aliphatic hydroxyl groups is 1. The van der Waals surface area contributed by atoms with Gasteiger partial charge in [0.25, 0.3) is 5.91 Å². The molecule has 0 saturated heterocycles. The number of pyridine rings is 1. The molecule has 3 aromatic rings. The predicted octanol–water partition coefficient (Wildman–Crippen LogP) is 3.60. The van der Waals surface area contributed by atoms with E-state index in [-0.39, 0.29) is 42.2 Å². The van der Waals surface area contributed by atoms with Crippen LogP contribution < -0.4 is 4.74 Å². The number of aromatic nitrogens is 1. The molecule has 0 unspecified atom stereocenters. The normalized spacial score (nSPS) is 20.1. The second kappa shape index (κ2) is 11.0. The lowest BCUT2D eigenvalue weighted by molar-refractivity contribution is 0.0560. The van der Waals surface area contributed by atoms with Crippen LogP contribution in [0.25, 0.3) is 11.1 Å². The fourth-order valence-electron chi connectivity index (χ4n) is 4.55. The molecular formula is C28H33N3O5S. The molecule has 0 fully saturated rings. The van der Waals surface area contributed by atoms with Crippen LogP contribution in [0.1, 0.15) is 29.9 Å². The maximum absolute atomic E-state index is 13.7. The van der Waals surface area contributed by atoms with E-state index in [9.17, 15) is 18.3 Å². The molecule has 37 heavy (non-hydrogen) atoms. The fraction of sp³-hybridized carbons (Fsp3) is 0.357. The molecule has 0 spiro atoms. The summed E-state index contributed by atoms with van der Waals surface area (Å²) in [6.45, 7) is 5.63. The number of benzene rings is 2. The van der Waals surface area contributed by atoms with Gasteiger partial charge in [-0.1, -0.05) is 43.3 Å². The molecule has 0 aliphatic carbocycles. The van der Waals surface area contributed by atoms with E-state index in [1.165, 1.54) is 4.31 Å². The van der Waals surface area contributed by atoms with Crippen molar-refractivity contribution in [1.29, 1.82) is 0 Å². The minimum absolute atomic E-state index is 0.0424. The quantitative estimate of drug-likeness (QED) is 0.530. The van der Waals surface area contributed by atoms with Gasteiger partial charge in [0, 0.05) is 31.7 Å². The van der Waals surface area contributed by atoms with Gasteiger partial charge in [0.1, 0.15) is 22.4 Å². The van der Waals surface area contributed by atoms with Crippen LogP contribution in [-0.2, 0) is 10.0 Å². The van der Waals surface area contributed by atoms with Gasteiger partial charge in [-0.15, -0.1) is 0 Å². The average Bonchev–Trinajstić information content (AvgIpc) is 2.90. The number of amides is 1. The monoisotopic (exact) mass is 523 g/mol. The van der Waals surface area contributed by atoms with E-state index in [0.717, 1.165) is 16.7 Å². The number of fused-ring (bicyclic) bond motifs is 1. The highest BCUT2D eigenvalue weighted by atomic mass is 32.2. The van der Waals surface area contributed by atoms with Gasteiger partial charge in [-0.25, -0.2) is 8.42 Å². The van der Waals surface area contributed by atoms with Crippen LogP contribution in [0.2, 0.25) is 0 Å². The number of likely N-dealkylation sites (N-methyl/N-ethyl adjacent to an activating group) is 1. The summed E-state index contributed by atoms with van der Waals surface area (Å²) in [5.74, 6) is -0.301. The Bertz CT molecular complexity index is 1360. The Labute approximate surface area is 218 Å². The van der Waals surface area contributed by atoms with E-state index < -0.39 is 22.2 Å². The molecule has 4 rings (SSSR count). The molecule has 2 aromatic carbocycles. The Hall–Kier alpha value is -3.27. The summed E-state index contributed by atoms with van der Waals surface area (Å²) in [6.07, 6.45) is 1.06. The zero-order valence-electron chi connectivity index (χ0n) is 21.5. The van der Waals surface area contributed by atoms with E-state index in [1.807, 2.05) is 38.1 Å². The topological polar surface area (TPSA) is 100 Å². The lowest BCUT2D eigenvalue weighted by Gasteiger charge is -2.37. The fourth-order valence-corrected chi connectivity index (χ4v) is 6.37. The molecule has 0 radical (unpaired) electrons. The third-order valence-corrected chi connectivity index (χ3v) is 8.83. The molecule has 9 heteroatoms. The first-order valence-electron chi connectivity index (χ1n) is 12.3. The first-order valence-corrected chi connectivity index (χ1v) is 13.7. The number of hydrogen-bond donors (Lipinski definition) is 1. The lowest BCUT2D eigenvalue weighted by atomic mass is 10.00. The van der Waals surface area contributed by atoms with Crippen molar-refractivity contribution in [3.05, 3.63) is 78.1 Å². The smallest absolute Gasteiger partial charge is 0.272 e. The van der Waals surface area contributed by atoms with Gasteiger partial charge in [-0.2, -0.15) is 4.31 Å². The highest BCUT2D eigenvalue weighted by molar-refractivity contribution is 7.89. The van der Waals surface area contributed by atoms with Crippen LogP contribution in [-0.4, -0.2) is 72.5 Å². The molecule has 0 saturated carbocycles. The number of sulfonamides is 1. The molecule has 1 aliphatic rings. The van der Waals surface area contributed by atoms with Crippen molar-refractivity contribution in [1.82, 2.24) is 14.2 Å². The van der Waals surface area contributed by atoms with Crippen LogP contribution in [0.3, 0.4) is 0 Å². The summed E-state index contributed by atoms with van der Waals surface area (Å²) in [6, 6.07) is 17.5. The van der Waals surface area contributed by atoms with Gasteiger partial charge in [-0.05, 0) is 54.8 Å². The minimum atomic E-state index is -3.95. The number of rotatable bonds is 6. The maximum Gasteiger partial charge on any atom is 0.272 e. The number of hydrogen-bond acceptors (Lipinski definition) is 6. The Kier molecular flexibility index (Phi) is 7.96. The number of carbonyl (C=O) groups excluding carboxylic acids is 1. The lowest BCUT2D eigenvalue weighted by Crippen LogP contribution is -2.50. The number of aliphatic hydroxyl groups excluding tert-OH is 1. The summed E-state index contributed by atoms with van der Waals surface area (Å²) < 4.78 is 35.2. The number of aryl methyl sites for hydroxylation is 1. The van der Waals surface area contributed by atoms with Crippen LogP contribution in [0.5, 0.6) is 5.75 Å². The number of nitrogens with zero attached hydrogens (tertiary/aromatic N) is 3. The zero-order chi connectivity index (χ0) is 26.7.